The number of amides is 1. The number of hydrogen-bond donors (Lipinski definition) is 2. The van der Waals surface area contributed by atoms with Crippen molar-refractivity contribution < 1.29 is 24.2 Å². The molecule has 2 bridgehead atoms. The molecule has 3 unspecified atom stereocenters. The standard InChI is InChI=1S/C33H49N3O5S2/c1-6-31(4)16-25(32(5)21(2)10-12-33(22(3)29(31)40)13-11-24(37)28(32)33)41-27(39)20-42-18-23-19-43-30(34-23)35-26(38)17-36-14-8-7-9-15-36/h6,19,21-22,25,28-29,40H,1,7-18,20H2,2-5H3,(H,34,35,38)/t21?,22-,25+,28?,29-,31+,32-,33?/m0/s1. The van der Waals surface area contributed by atoms with Gasteiger partial charge in [0.25, 0.3) is 0 Å². The van der Waals surface area contributed by atoms with E-state index in [-0.39, 0.29) is 46.6 Å². The molecule has 1 amide bonds. The number of Topliss-reactive ketones (excluding diaryl/α,β-unsaturated/α-hetero) is 1. The van der Waals surface area contributed by atoms with Crippen LogP contribution >= 0.6 is 23.1 Å². The molecule has 2 heterocycles. The topological polar surface area (TPSA) is 109 Å². The number of aliphatic hydroxyl groups is 1. The predicted molar refractivity (Wildman–Crippen MR) is 172 cm³/mol. The first-order valence-electron chi connectivity index (χ1n) is 16.0. The molecule has 1 aromatic heterocycles. The molecule has 238 valence electrons. The maximum atomic E-state index is 13.6. The fourth-order valence-electron chi connectivity index (χ4n) is 8.84. The average molecular weight is 632 g/mol. The van der Waals surface area contributed by atoms with Gasteiger partial charge in [0.15, 0.2) is 5.13 Å². The molecule has 4 fully saturated rings. The minimum absolute atomic E-state index is 0.0422. The van der Waals surface area contributed by atoms with Crippen molar-refractivity contribution in [3.8, 4) is 0 Å². The number of carbonyl (C=O) groups is 3. The number of nitrogens with zero attached hydrogens (tertiary/aromatic N) is 2. The maximum Gasteiger partial charge on any atom is 0.316 e. The summed E-state index contributed by atoms with van der Waals surface area (Å²) in [6, 6.07) is 0. The Morgan fingerprint density at radius 2 is 2.00 bits per heavy atom. The second-order valence-electron chi connectivity index (χ2n) is 14.1. The number of thioether (sulfide) groups is 1. The summed E-state index contributed by atoms with van der Waals surface area (Å²) in [5.74, 6) is 0.500. The Bertz CT molecular complexity index is 1220. The zero-order valence-corrected chi connectivity index (χ0v) is 27.9. The summed E-state index contributed by atoms with van der Waals surface area (Å²) in [7, 11) is 0. The maximum absolute atomic E-state index is 13.6. The molecule has 2 N–H and O–H groups in total. The molecular formula is C33H49N3O5S2. The van der Waals surface area contributed by atoms with E-state index in [9.17, 15) is 19.5 Å². The molecule has 10 heteroatoms. The summed E-state index contributed by atoms with van der Waals surface area (Å²) in [5, 5.41) is 17.1. The summed E-state index contributed by atoms with van der Waals surface area (Å²) >= 11 is 2.83. The van der Waals surface area contributed by atoms with Gasteiger partial charge in [0.05, 0.1) is 24.1 Å². The van der Waals surface area contributed by atoms with Gasteiger partial charge in [-0.05, 0) is 68.9 Å². The van der Waals surface area contributed by atoms with E-state index >= 15 is 0 Å². The largest absolute Gasteiger partial charge is 0.461 e. The van der Waals surface area contributed by atoms with Crippen LogP contribution in [-0.4, -0.2) is 70.2 Å². The van der Waals surface area contributed by atoms with Crippen LogP contribution in [0.2, 0.25) is 0 Å². The summed E-state index contributed by atoms with van der Waals surface area (Å²) in [4.78, 5) is 46.1. The minimum atomic E-state index is -0.675. The predicted octanol–water partition coefficient (Wildman–Crippen LogP) is 5.71. The second-order valence-corrected chi connectivity index (χ2v) is 15.9. The number of aliphatic hydroxyl groups excluding tert-OH is 1. The van der Waals surface area contributed by atoms with Gasteiger partial charge in [0.2, 0.25) is 5.91 Å². The summed E-state index contributed by atoms with van der Waals surface area (Å²) in [6.07, 6.45) is 7.77. The van der Waals surface area contributed by atoms with Gasteiger partial charge < -0.3 is 15.2 Å². The number of aromatic nitrogens is 1. The SMILES string of the molecule is C=C[C@]1(C)C[C@@H](OC(=O)CSCc2csc(NC(=O)CN3CCCCC3)n2)[C@]2(C)C(C)CCC3(CCC(=O)C32)[C@@H](C)[C@@H]1O. The van der Waals surface area contributed by atoms with Crippen LogP contribution in [0.4, 0.5) is 5.13 Å². The highest BCUT2D eigenvalue weighted by atomic mass is 32.2. The molecule has 8 nitrogen and oxygen atoms in total. The molecule has 1 aliphatic heterocycles. The Morgan fingerprint density at radius 1 is 1.26 bits per heavy atom. The monoisotopic (exact) mass is 631 g/mol. The smallest absolute Gasteiger partial charge is 0.316 e. The van der Waals surface area contributed by atoms with Crippen molar-refractivity contribution in [2.24, 2.45) is 34.0 Å². The van der Waals surface area contributed by atoms with Crippen LogP contribution in [-0.2, 0) is 24.9 Å². The molecular weight excluding hydrogens is 583 g/mol. The van der Waals surface area contributed by atoms with Crippen LogP contribution in [0.25, 0.3) is 0 Å². The molecule has 3 aliphatic carbocycles. The molecule has 0 spiro atoms. The van der Waals surface area contributed by atoms with E-state index in [4.69, 9.17) is 4.74 Å². The quantitative estimate of drug-likeness (QED) is 0.264. The molecule has 1 aromatic rings. The van der Waals surface area contributed by atoms with Crippen LogP contribution in [0.5, 0.6) is 0 Å². The fraction of sp³-hybridized carbons (Fsp3) is 0.758. The molecule has 1 saturated heterocycles. The Labute approximate surface area is 264 Å². The van der Waals surface area contributed by atoms with Gasteiger partial charge in [-0.25, -0.2) is 4.98 Å². The van der Waals surface area contributed by atoms with Gasteiger partial charge >= 0.3 is 5.97 Å². The van der Waals surface area contributed by atoms with Crippen molar-refractivity contribution in [2.75, 3.05) is 30.7 Å². The van der Waals surface area contributed by atoms with E-state index in [1.165, 1.54) is 29.5 Å². The van der Waals surface area contributed by atoms with E-state index in [0.29, 0.717) is 30.3 Å². The third-order valence-corrected chi connectivity index (χ3v) is 13.4. The lowest BCUT2D eigenvalue weighted by atomic mass is 9.44. The molecule has 4 aliphatic rings. The Morgan fingerprint density at radius 3 is 2.72 bits per heavy atom. The van der Waals surface area contributed by atoms with E-state index in [1.54, 1.807) is 0 Å². The third kappa shape index (κ3) is 6.23. The average Bonchev–Trinajstić information content (AvgIpc) is 3.58. The van der Waals surface area contributed by atoms with E-state index in [1.807, 2.05) is 18.4 Å². The van der Waals surface area contributed by atoms with Crippen LogP contribution in [0.3, 0.4) is 0 Å². The van der Waals surface area contributed by atoms with Gasteiger partial charge in [0.1, 0.15) is 11.9 Å². The van der Waals surface area contributed by atoms with Crippen molar-refractivity contribution in [3.05, 3.63) is 23.7 Å². The Kier molecular flexibility index (Phi) is 9.81. The number of ether oxygens (including phenoxy) is 1. The summed E-state index contributed by atoms with van der Waals surface area (Å²) in [6.45, 7) is 14.9. The second kappa shape index (κ2) is 12.9. The number of esters is 1. The molecule has 3 saturated carbocycles. The van der Waals surface area contributed by atoms with Crippen LogP contribution < -0.4 is 5.32 Å². The van der Waals surface area contributed by atoms with Crippen molar-refractivity contribution in [1.82, 2.24) is 9.88 Å². The third-order valence-electron chi connectivity index (χ3n) is 11.7. The fourth-order valence-corrected chi connectivity index (χ4v) is 10.4. The van der Waals surface area contributed by atoms with Crippen molar-refractivity contribution in [1.29, 1.82) is 0 Å². The number of nitrogens with one attached hydrogen (secondary N) is 1. The molecule has 5 rings (SSSR count). The summed E-state index contributed by atoms with van der Waals surface area (Å²) in [5.41, 5.74) is -0.629. The highest BCUT2D eigenvalue weighted by Gasteiger charge is 2.68. The number of carbonyl (C=O) groups excluding carboxylic acids is 3. The first-order chi connectivity index (χ1) is 20.4. The molecule has 0 radical (unpaired) electrons. The lowest BCUT2D eigenvalue weighted by Crippen LogP contribution is -2.63. The molecule has 0 aromatic carbocycles. The number of rotatable bonds is 9. The Balaban J connectivity index is 1.23. The highest BCUT2D eigenvalue weighted by molar-refractivity contribution is 7.99. The number of piperidine rings is 1. The van der Waals surface area contributed by atoms with Gasteiger partial charge in [-0.1, -0.05) is 40.2 Å². The number of likely N-dealkylation sites (tertiary alicyclic amines) is 1. The van der Waals surface area contributed by atoms with E-state index < -0.39 is 23.0 Å². The van der Waals surface area contributed by atoms with Gasteiger partial charge in [0, 0.05) is 34.3 Å². The zero-order chi connectivity index (χ0) is 31.0. The number of ketones is 1. The zero-order valence-electron chi connectivity index (χ0n) is 26.2. The molecule has 43 heavy (non-hydrogen) atoms. The summed E-state index contributed by atoms with van der Waals surface area (Å²) < 4.78 is 6.34. The normalized spacial score (nSPS) is 38.1. The number of hydrogen-bond acceptors (Lipinski definition) is 9. The van der Waals surface area contributed by atoms with E-state index in [0.717, 1.165) is 50.9 Å². The molecule has 8 atom stereocenters. The minimum Gasteiger partial charge on any atom is -0.461 e. The van der Waals surface area contributed by atoms with Gasteiger partial charge in [-0.15, -0.1) is 29.7 Å². The first kappa shape index (κ1) is 32.6. The first-order valence-corrected chi connectivity index (χ1v) is 18.0. The van der Waals surface area contributed by atoms with E-state index in [2.05, 4.69) is 42.6 Å². The Hall–Kier alpha value is -1.75. The van der Waals surface area contributed by atoms with Crippen LogP contribution in [0, 0.1) is 34.0 Å². The van der Waals surface area contributed by atoms with Gasteiger partial charge in [-0.3, -0.25) is 19.3 Å². The van der Waals surface area contributed by atoms with Crippen molar-refractivity contribution >= 4 is 45.9 Å². The van der Waals surface area contributed by atoms with Crippen molar-refractivity contribution in [3.63, 3.8) is 0 Å². The highest BCUT2D eigenvalue weighted by Crippen LogP contribution is 2.68. The lowest BCUT2D eigenvalue weighted by molar-refractivity contribution is -0.205. The number of thiazole rings is 1. The number of anilines is 1. The van der Waals surface area contributed by atoms with Crippen LogP contribution in [0.15, 0.2) is 18.0 Å². The lowest BCUT2D eigenvalue weighted by Gasteiger charge is -2.61. The van der Waals surface area contributed by atoms with Gasteiger partial charge in [-0.2, -0.15) is 0 Å². The van der Waals surface area contributed by atoms with Crippen LogP contribution in [0.1, 0.15) is 84.8 Å². The van der Waals surface area contributed by atoms with Crippen molar-refractivity contribution in [2.45, 2.75) is 97.0 Å².